The Bertz CT molecular complexity index is 537. The number of carbonyl (C=O) groups excluding carboxylic acids is 1. The van der Waals surface area contributed by atoms with Gasteiger partial charge < -0.3 is 0 Å². The van der Waals surface area contributed by atoms with Gasteiger partial charge in [-0.2, -0.15) is 0 Å². The molecule has 3 heteroatoms. The van der Waals surface area contributed by atoms with Crippen LogP contribution in [0.25, 0.3) is 0 Å². The minimum atomic E-state index is 0.290. The second-order valence-corrected chi connectivity index (χ2v) is 5.62. The predicted molar refractivity (Wildman–Crippen MR) is 73.1 cm³/mol. The van der Waals surface area contributed by atoms with Gasteiger partial charge in [-0.1, -0.05) is 36.4 Å². The van der Waals surface area contributed by atoms with Crippen LogP contribution >= 0.6 is 0 Å². The lowest BCUT2D eigenvalue weighted by molar-refractivity contribution is -0.138. The molecule has 19 heavy (non-hydrogen) atoms. The number of nitrogens with zero attached hydrogens (tertiary/aromatic N) is 2. The van der Waals surface area contributed by atoms with Crippen LogP contribution in [0.15, 0.2) is 42.0 Å². The first-order chi connectivity index (χ1) is 9.36. The van der Waals surface area contributed by atoms with Crippen molar-refractivity contribution in [3.63, 3.8) is 0 Å². The zero-order chi connectivity index (χ0) is 12.8. The van der Waals surface area contributed by atoms with E-state index in [1.807, 2.05) is 5.01 Å². The second kappa shape index (κ2) is 4.20. The van der Waals surface area contributed by atoms with Crippen LogP contribution in [0.4, 0.5) is 0 Å². The van der Waals surface area contributed by atoms with Crippen LogP contribution in [0.3, 0.4) is 0 Å². The van der Waals surface area contributed by atoms with E-state index in [2.05, 4.69) is 41.4 Å². The van der Waals surface area contributed by atoms with Crippen LogP contribution in [0, 0.1) is 0 Å². The highest BCUT2D eigenvalue weighted by atomic mass is 16.2. The third-order valence-corrected chi connectivity index (χ3v) is 4.56. The first-order valence-electron chi connectivity index (χ1n) is 7.20. The van der Waals surface area contributed by atoms with Gasteiger partial charge in [0.1, 0.15) is 0 Å². The van der Waals surface area contributed by atoms with Crippen LogP contribution in [0.1, 0.15) is 37.3 Å². The summed E-state index contributed by atoms with van der Waals surface area (Å²) in [4.78, 5) is 12.1. The summed E-state index contributed by atoms with van der Waals surface area (Å²) in [7, 11) is 0. The van der Waals surface area contributed by atoms with E-state index in [1.54, 1.807) is 0 Å². The topological polar surface area (TPSA) is 23.6 Å². The van der Waals surface area contributed by atoms with E-state index in [4.69, 9.17) is 0 Å². The summed E-state index contributed by atoms with van der Waals surface area (Å²) in [5.41, 5.74) is 2.77. The van der Waals surface area contributed by atoms with Gasteiger partial charge in [-0.3, -0.25) is 9.80 Å². The van der Waals surface area contributed by atoms with Crippen LogP contribution in [-0.2, 0) is 4.79 Å². The minimum absolute atomic E-state index is 0.290. The zero-order valence-electron chi connectivity index (χ0n) is 11.0. The molecule has 0 spiro atoms. The summed E-state index contributed by atoms with van der Waals surface area (Å²) in [6.07, 6.45) is 6.53. The molecule has 0 radical (unpaired) electrons. The van der Waals surface area contributed by atoms with Gasteiger partial charge in [-0.05, 0) is 30.4 Å². The molecule has 4 rings (SSSR count). The quantitative estimate of drug-likeness (QED) is 0.719. The van der Waals surface area contributed by atoms with Gasteiger partial charge >= 0.3 is 0 Å². The molecular formula is C16H18N2O. The fraction of sp³-hybridized carbons (Fsp3) is 0.438. The highest BCUT2D eigenvalue weighted by Gasteiger charge is 2.49. The molecule has 3 aliphatic rings. The number of hydrogen-bond donors (Lipinski definition) is 0. The molecule has 2 fully saturated rings. The average molecular weight is 254 g/mol. The fourth-order valence-corrected chi connectivity index (χ4v) is 3.79. The van der Waals surface area contributed by atoms with Gasteiger partial charge in [0.2, 0.25) is 5.91 Å². The van der Waals surface area contributed by atoms with Crippen molar-refractivity contribution in [2.75, 3.05) is 6.54 Å². The third kappa shape index (κ3) is 1.58. The molecule has 1 aromatic rings. The maximum absolute atomic E-state index is 12.1. The van der Waals surface area contributed by atoms with Crippen LogP contribution in [0.2, 0.25) is 0 Å². The Morgan fingerprint density at radius 1 is 1.16 bits per heavy atom. The number of hydrazine groups is 1. The van der Waals surface area contributed by atoms with Gasteiger partial charge in [-0.15, -0.1) is 0 Å². The highest BCUT2D eigenvalue weighted by molar-refractivity contribution is 5.79. The number of amides is 1. The van der Waals surface area contributed by atoms with Crippen molar-refractivity contribution in [3.05, 3.63) is 47.5 Å². The molecule has 0 saturated carbocycles. The molecule has 1 amide bonds. The first kappa shape index (κ1) is 11.2. The number of hydrogen-bond acceptors (Lipinski definition) is 2. The number of fused-ring (bicyclic) bond motifs is 3. The van der Waals surface area contributed by atoms with Crippen LogP contribution in [0.5, 0.6) is 0 Å². The summed E-state index contributed by atoms with van der Waals surface area (Å²) in [6.45, 7) is 0.867. The Morgan fingerprint density at radius 2 is 2.00 bits per heavy atom. The standard InChI is InChI=1S/C16H18N2O/c19-15-10-11-17-16(12-6-2-1-3-7-12)13-8-4-5-9-14(13)18(15)17/h1-3,6-8,14,16H,4-5,9-11H2/t14-,16-/m0/s1. The van der Waals surface area contributed by atoms with Crippen molar-refractivity contribution in [1.29, 1.82) is 0 Å². The maximum atomic E-state index is 12.1. The van der Waals surface area contributed by atoms with Crippen molar-refractivity contribution < 1.29 is 4.79 Å². The molecule has 98 valence electrons. The first-order valence-corrected chi connectivity index (χ1v) is 7.20. The number of rotatable bonds is 1. The van der Waals surface area contributed by atoms with Gasteiger partial charge in [0, 0.05) is 13.0 Å². The fourth-order valence-electron chi connectivity index (χ4n) is 3.79. The number of allylic oxidation sites excluding steroid dienone is 1. The van der Waals surface area contributed by atoms with E-state index in [-0.39, 0.29) is 6.04 Å². The van der Waals surface area contributed by atoms with Gasteiger partial charge in [-0.25, -0.2) is 5.01 Å². The summed E-state index contributed by atoms with van der Waals surface area (Å²) >= 11 is 0. The Hall–Kier alpha value is -1.61. The van der Waals surface area contributed by atoms with E-state index in [0.717, 1.165) is 19.4 Å². The maximum Gasteiger partial charge on any atom is 0.238 e. The van der Waals surface area contributed by atoms with Crippen molar-refractivity contribution in [1.82, 2.24) is 10.0 Å². The normalized spacial score (nSPS) is 30.2. The summed E-state index contributed by atoms with van der Waals surface area (Å²) in [6, 6.07) is 11.2. The van der Waals surface area contributed by atoms with E-state index in [0.29, 0.717) is 18.4 Å². The molecule has 0 aromatic heterocycles. The average Bonchev–Trinajstić information content (AvgIpc) is 2.98. The summed E-state index contributed by atoms with van der Waals surface area (Å²) in [5, 5.41) is 4.34. The van der Waals surface area contributed by atoms with Crippen molar-refractivity contribution in [2.24, 2.45) is 0 Å². The predicted octanol–water partition coefficient (Wildman–Crippen LogP) is 2.67. The Morgan fingerprint density at radius 3 is 2.84 bits per heavy atom. The molecular weight excluding hydrogens is 236 g/mol. The van der Waals surface area contributed by atoms with E-state index in [1.165, 1.54) is 17.6 Å². The lowest BCUT2D eigenvalue weighted by Crippen LogP contribution is -2.39. The lowest BCUT2D eigenvalue weighted by Gasteiger charge is -2.27. The Labute approximate surface area is 113 Å². The lowest BCUT2D eigenvalue weighted by atomic mass is 9.87. The molecule has 2 atom stereocenters. The molecule has 0 unspecified atom stereocenters. The molecule has 2 heterocycles. The SMILES string of the molecule is O=C1CCN2[C@@H](c3ccccc3)C3=CCCC[C@@H]3N12. The van der Waals surface area contributed by atoms with Gasteiger partial charge in [0.05, 0.1) is 12.1 Å². The molecule has 1 aromatic carbocycles. The molecule has 0 bridgehead atoms. The summed E-state index contributed by atoms with van der Waals surface area (Å²) in [5.74, 6) is 0.302. The van der Waals surface area contributed by atoms with E-state index < -0.39 is 0 Å². The van der Waals surface area contributed by atoms with E-state index in [9.17, 15) is 4.79 Å². The highest BCUT2D eigenvalue weighted by Crippen LogP contribution is 2.46. The number of benzene rings is 1. The van der Waals surface area contributed by atoms with E-state index >= 15 is 0 Å². The van der Waals surface area contributed by atoms with Crippen molar-refractivity contribution in [3.8, 4) is 0 Å². The van der Waals surface area contributed by atoms with Gasteiger partial charge in [0.25, 0.3) is 0 Å². The Balaban J connectivity index is 1.81. The van der Waals surface area contributed by atoms with Crippen LogP contribution < -0.4 is 0 Å². The van der Waals surface area contributed by atoms with Crippen molar-refractivity contribution >= 4 is 5.91 Å². The molecule has 1 aliphatic carbocycles. The molecule has 0 N–H and O–H groups in total. The second-order valence-electron chi connectivity index (χ2n) is 5.62. The number of carbonyl (C=O) groups is 1. The molecule has 2 saturated heterocycles. The largest absolute Gasteiger partial charge is 0.273 e. The minimum Gasteiger partial charge on any atom is -0.273 e. The molecule has 2 aliphatic heterocycles. The molecule has 3 nitrogen and oxygen atoms in total. The smallest absolute Gasteiger partial charge is 0.238 e. The van der Waals surface area contributed by atoms with Crippen molar-refractivity contribution in [2.45, 2.75) is 37.8 Å². The third-order valence-electron chi connectivity index (χ3n) is 4.56. The monoisotopic (exact) mass is 254 g/mol. The zero-order valence-corrected chi connectivity index (χ0v) is 11.0. The van der Waals surface area contributed by atoms with Crippen LogP contribution in [-0.4, -0.2) is 28.5 Å². The van der Waals surface area contributed by atoms with Gasteiger partial charge in [0.15, 0.2) is 0 Å². The Kier molecular flexibility index (Phi) is 2.49. The summed E-state index contributed by atoms with van der Waals surface area (Å²) < 4.78 is 0.